The molecule has 1 heterocycles. The van der Waals surface area contributed by atoms with Gasteiger partial charge in [-0.15, -0.1) is 11.6 Å². The Hall–Kier alpha value is -1.56. The van der Waals surface area contributed by atoms with Crippen LogP contribution in [-0.2, 0) is 5.88 Å². The zero-order valence-corrected chi connectivity index (χ0v) is 13.9. The Bertz CT molecular complexity index is 727. The first kappa shape index (κ1) is 16.8. The molecular weight excluding hydrogens is 353 g/mol. The molecule has 8 heteroatoms. The molecular formula is C14H12Cl3NO4. The number of anilines is 1. The lowest BCUT2D eigenvalue weighted by Crippen LogP contribution is -2.13. The van der Waals surface area contributed by atoms with Crippen molar-refractivity contribution in [1.29, 1.82) is 0 Å². The highest BCUT2D eigenvalue weighted by molar-refractivity contribution is 6.41. The van der Waals surface area contributed by atoms with Gasteiger partial charge in [-0.25, -0.2) is 0 Å². The number of hydrogen-bond donors (Lipinski definition) is 2. The number of phenolic OH excluding ortho intramolecular Hbond substituents is 1. The molecule has 0 saturated heterocycles. The molecule has 0 aliphatic heterocycles. The van der Waals surface area contributed by atoms with Crippen LogP contribution in [0.15, 0.2) is 16.7 Å². The van der Waals surface area contributed by atoms with Crippen molar-refractivity contribution in [2.24, 2.45) is 0 Å². The lowest BCUT2D eigenvalue weighted by Gasteiger charge is -2.13. The number of phenols is 1. The number of benzene rings is 1. The topological polar surface area (TPSA) is 71.7 Å². The monoisotopic (exact) mass is 363 g/mol. The minimum atomic E-state index is -0.492. The second kappa shape index (κ2) is 6.69. The Kier molecular flexibility index (Phi) is 5.11. The molecule has 2 N–H and O–H groups in total. The zero-order valence-electron chi connectivity index (χ0n) is 11.7. The van der Waals surface area contributed by atoms with Crippen molar-refractivity contribution in [3.63, 3.8) is 0 Å². The minimum Gasteiger partial charge on any atom is -0.506 e. The van der Waals surface area contributed by atoms with Gasteiger partial charge in [0.25, 0.3) is 5.91 Å². The number of furan rings is 1. The lowest BCUT2D eigenvalue weighted by atomic mass is 10.1. The molecule has 0 radical (unpaired) electrons. The van der Waals surface area contributed by atoms with Crippen molar-refractivity contribution < 1.29 is 19.1 Å². The summed E-state index contributed by atoms with van der Waals surface area (Å²) in [5.74, 6) is 0.0833. The summed E-state index contributed by atoms with van der Waals surface area (Å²) in [6, 6.07) is 1.26. The van der Waals surface area contributed by atoms with E-state index >= 15 is 0 Å². The fourth-order valence-electron chi connectivity index (χ4n) is 1.85. The van der Waals surface area contributed by atoms with Gasteiger partial charge in [0.05, 0.1) is 24.2 Å². The largest absolute Gasteiger partial charge is 0.506 e. The molecule has 5 nitrogen and oxygen atoms in total. The highest BCUT2D eigenvalue weighted by Gasteiger charge is 2.21. The third-order valence-electron chi connectivity index (χ3n) is 3.11. The van der Waals surface area contributed by atoms with Crippen LogP contribution in [0.25, 0.3) is 0 Å². The van der Waals surface area contributed by atoms with Gasteiger partial charge >= 0.3 is 0 Å². The van der Waals surface area contributed by atoms with Crippen LogP contribution < -0.4 is 10.1 Å². The Morgan fingerprint density at radius 1 is 1.41 bits per heavy atom. The molecule has 1 amide bonds. The van der Waals surface area contributed by atoms with Gasteiger partial charge in [0, 0.05) is 11.6 Å². The maximum Gasteiger partial charge on any atom is 0.259 e. The number of aromatic hydroxyl groups is 1. The molecule has 1 aromatic carbocycles. The summed E-state index contributed by atoms with van der Waals surface area (Å²) in [5, 5.41) is 12.3. The molecule has 0 unspecified atom stereocenters. The van der Waals surface area contributed by atoms with Crippen LogP contribution >= 0.6 is 34.8 Å². The number of methoxy groups -OCH3 is 1. The van der Waals surface area contributed by atoms with Gasteiger partial charge in [-0.3, -0.25) is 4.79 Å². The van der Waals surface area contributed by atoms with Gasteiger partial charge in [0.15, 0.2) is 0 Å². The second-order valence-corrected chi connectivity index (χ2v) is 5.41. The molecule has 1 aromatic heterocycles. The average Bonchev–Trinajstić information content (AvgIpc) is 2.88. The van der Waals surface area contributed by atoms with Gasteiger partial charge in [0.1, 0.15) is 33.6 Å². The van der Waals surface area contributed by atoms with E-state index in [-0.39, 0.29) is 33.1 Å². The smallest absolute Gasteiger partial charge is 0.259 e. The molecule has 0 atom stereocenters. The Morgan fingerprint density at radius 3 is 2.64 bits per heavy atom. The summed E-state index contributed by atoms with van der Waals surface area (Å²) in [6.45, 7) is 1.71. The summed E-state index contributed by atoms with van der Waals surface area (Å²) < 4.78 is 10.2. The third kappa shape index (κ3) is 2.97. The van der Waals surface area contributed by atoms with Gasteiger partial charge in [0.2, 0.25) is 0 Å². The number of hydrogen-bond acceptors (Lipinski definition) is 4. The Morgan fingerprint density at radius 2 is 2.09 bits per heavy atom. The van der Waals surface area contributed by atoms with Crippen LogP contribution in [0.2, 0.25) is 10.0 Å². The first-order valence-electron chi connectivity index (χ1n) is 6.09. The molecule has 0 spiro atoms. The fourth-order valence-corrected chi connectivity index (χ4v) is 2.63. The number of halogens is 3. The van der Waals surface area contributed by atoms with Crippen molar-refractivity contribution in [2.75, 3.05) is 12.4 Å². The molecule has 0 fully saturated rings. The van der Waals surface area contributed by atoms with Crippen LogP contribution in [0, 0.1) is 6.92 Å². The predicted molar refractivity (Wildman–Crippen MR) is 85.6 cm³/mol. The van der Waals surface area contributed by atoms with E-state index in [1.165, 1.54) is 19.4 Å². The van der Waals surface area contributed by atoms with Crippen molar-refractivity contribution in [2.45, 2.75) is 12.8 Å². The SMILES string of the molecule is COc1cc(O)c(Cl)c(NC(=O)c2coc(CCl)c2C)c1Cl. The standard InChI is InChI=1S/C14H12Cl3NO4/c1-6-7(5-22-10(6)4-15)14(20)18-13-11(16)8(19)3-9(21-2)12(13)17/h3,5,19H,4H2,1-2H3,(H,18,20). The summed E-state index contributed by atoms with van der Waals surface area (Å²) in [4.78, 5) is 12.3. The van der Waals surface area contributed by atoms with E-state index in [9.17, 15) is 9.90 Å². The molecule has 118 valence electrons. The number of rotatable bonds is 4. The number of alkyl halides is 1. The molecule has 0 aliphatic carbocycles. The maximum absolute atomic E-state index is 12.3. The van der Waals surface area contributed by atoms with Crippen LogP contribution in [-0.4, -0.2) is 18.1 Å². The quantitative estimate of drug-likeness (QED) is 0.778. The van der Waals surface area contributed by atoms with Crippen LogP contribution in [0.5, 0.6) is 11.5 Å². The summed E-state index contributed by atoms with van der Waals surface area (Å²) in [7, 11) is 1.38. The summed E-state index contributed by atoms with van der Waals surface area (Å²) in [6.07, 6.45) is 1.30. The molecule has 0 saturated carbocycles. The fraction of sp³-hybridized carbons (Fsp3) is 0.214. The first-order valence-corrected chi connectivity index (χ1v) is 7.39. The van der Waals surface area contributed by atoms with E-state index in [4.69, 9.17) is 44.0 Å². The predicted octanol–water partition coefficient (Wildman–Crippen LogP) is 4.60. The molecule has 2 rings (SSSR count). The van der Waals surface area contributed by atoms with Gasteiger partial charge < -0.3 is 19.6 Å². The normalized spacial score (nSPS) is 10.6. The summed E-state index contributed by atoms with van der Waals surface area (Å²) >= 11 is 17.8. The Labute approximate surface area is 141 Å². The first-order chi connectivity index (χ1) is 10.4. The van der Waals surface area contributed by atoms with Crippen molar-refractivity contribution in [3.05, 3.63) is 39.3 Å². The minimum absolute atomic E-state index is 0.0539. The van der Waals surface area contributed by atoms with Crippen molar-refractivity contribution in [1.82, 2.24) is 0 Å². The number of ether oxygens (including phenoxy) is 1. The molecule has 22 heavy (non-hydrogen) atoms. The van der Waals surface area contributed by atoms with E-state index in [2.05, 4.69) is 5.32 Å². The van der Waals surface area contributed by atoms with Crippen molar-refractivity contribution in [3.8, 4) is 11.5 Å². The van der Waals surface area contributed by atoms with Gasteiger partial charge in [-0.1, -0.05) is 23.2 Å². The van der Waals surface area contributed by atoms with Crippen LogP contribution in [0.1, 0.15) is 21.7 Å². The van der Waals surface area contributed by atoms with E-state index in [0.717, 1.165) is 0 Å². The number of carbonyl (C=O) groups excluding carboxylic acids is 1. The van der Waals surface area contributed by atoms with Crippen molar-refractivity contribution >= 4 is 46.4 Å². The van der Waals surface area contributed by atoms with Gasteiger partial charge in [-0.2, -0.15) is 0 Å². The van der Waals surface area contributed by atoms with E-state index in [0.29, 0.717) is 16.9 Å². The van der Waals surface area contributed by atoms with E-state index in [1.807, 2.05) is 0 Å². The third-order valence-corrected chi connectivity index (χ3v) is 4.11. The molecule has 0 bridgehead atoms. The zero-order chi connectivity index (χ0) is 16.4. The Balaban J connectivity index is 2.40. The van der Waals surface area contributed by atoms with Crippen LogP contribution in [0.4, 0.5) is 5.69 Å². The highest BCUT2D eigenvalue weighted by atomic mass is 35.5. The highest BCUT2D eigenvalue weighted by Crippen LogP contribution is 2.43. The number of carbonyl (C=O) groups is 1. The van der Waals surface area contributed by atoms with Crippen LogP contribution in [0.3, 0.4) is 0 Å². The average molecular weight is 365 g/mol. The second-order valence-electron chi connectivity index (χ2n) is 4.39. The number of amides is 1. The van der Waals surface area contributed by atoms with Gasteiger partial charge in [-0.05, 0) is 6.92 Å². The molecule has 0 aliphatic rings. The van der Waals surface area contributed by atoms with E-state index in [1.54, 1.807) is 6.92 Å². The maximum atomic E-state index is 12.3. The molecule has 2 aromatic rings. The number of nitrogens with one attached hydrogen (secondary N) is 1. The summed E-state index contributed by atoms with van der Waals surface area (Å²) in [5.41, 5.74) is 0.968. The lowest BCUT2D eigenvalue weighted by molar-refractivity contribution is 0.102. The van der Waals surface area contributed by atoms with E-state index < -0.39 is 5.91 Å².